The number of amides is 3. The van der Waals surface area contributed by atoms with Crippen LogP contribution in [0.15, 0.2) is 59.2 Å². The molecule has 3 amide bonds. The lowest BCUT2D eigenvalue weighted by atomic mass is 10.1. The fourth-order valence-electron chi connectivity index (χ4n) is 2.93. The van der Waals surface area contributed by atoms with Crippen LogP contribution in [-0.4, -0.2) is 35.5 Å². The fourth-order valence-corrected chi connectivity index (χ4v) is 3.34. The minimum atomic E-state index is -0.269. The van der Waals surface area contributed by atoms with Crippen molar-refractivity contribution in [1.29, 1.82) is 0 Å². The number of rotatable bonds is 5. The molecule has 7 heteroatoms. The molecule has 6 nitrogen and oxygen atoms in total. The lowest BCUT2D eigenvalue weighted by molar-refractivity contribution is -0.129. The van der Waals surface area contributed by atoms with Gasteiger partial charge < -0.3 is 20.1 Å². The van der Waals surface area contributed by atoms with E-state index in [-0.39, 0.29) is 24.5 Å². The summed E-state index contributed by atoms with van der Waals surface area (Å²) in [4.78, 5) is 25.9. The molecule has 0 spiro atoms. The summed E-state index contributed by atoms with van der Waals surface area (Å²) in [6.45, 7) is 2.22. The van der Waals surface area contributed by atoms with E-state index >= 15 is 0 Å². The molecule has 0 bridgehead atoms. The van der Waals surface area contributed by atoms with Gasteiger partial charge in [-0.15, -0.1) is 0 Å². The summed E-state index contributed by atoms with van der Waals surface area (Å²) in [5, 5.41) is 6.77. The average molecular weight is 443 g/mol. The molecule has 2 aromatic carbocycles. The molecule has 146 valence electrons. The number of likely N-dealkylation sites (N-methyl/N-ethyl adjacent to an activating group) is 1. The standard InChI is InChI=1S/C21H23BrN4O2/c1-14(15-5-4-6-17(22)11-15)23-21(28)24-18-7-8-19-16(12-18)9-10-26(19)13-20(27)25(2)3/h4-12,14H,13H2,1-3H3,(H2,23,24,28). The number of hydrogen-bond donors (Lipinski definition) is 2. The van der Waals surface area contributed by atoms with Gasteiger partial charge in [0.1, 0.15) is 6.54 Å². The number of halogens is 1. The molecule has 0 saturated carbocycles. The fraction of sp³-hybridized carbons (Fsp3) is 0.238. The number of benzene rings is 2. The van der Waals surface area contributed by atoms with E-state index in [9.17, 15) is 9.59 Å². The molecule has 0 aliphatic heterocycles. The van der Waals surface area contributed by atoms with Crippen LogP contribution >= 0.6 is 15.9 Å². The van der Waals surface area contributed by atoms with Crippen molar-refractivity contribution in [2.75, 3.05) is 19.4 Å². The molecule has 1 heterocycles. The van der Waals surface area contributed by atoms with E-state index in [1.807, 2.05) is 66.2 Å². The lowest BCUT2D eigenvalue weighted by Crippen LogP contribution is -2.31. The smallest absolute Gasteiger partial charge is 0.319 e. The third-order valence-corrected chi connectivity index (χ3v) is 5.02. The lowest BCUT2D eigenvalue weighted by Gasteiger charge is -2.15. The van der Waals surface area contributed by atoms with Crippen LogP contribution in [0.1, 0.15) is 18.5 Å². The molecule has 0 fully saturated rings. The minimum Gasteiger partial charge on any atom is -0.347 e. The second-order valence-electron chi connectivity index (χ2n) is 6.88. The molecule has 28 heavy (non-hydrogen) atoms. The van der Waals surface area contributed by atoms with Crippen molar-refractivity contribution in [2.45, 2.75) is 19.5 Å². The molecule has 1 unspecified atom stereocenters. The molecule has 0 aliphatic carbocycles. The molecule has 3 aromatic rings. The number of aromatic nitrogens is 1. The Bertz CT molecular complexity index is 1010. The van der Waals surface area contributed by atoms with Gasteiger partial charge in [0, 0.05) is 41.4 Å². The summed E-state index contributed by atoms with van der Waals surface area (Å²) in [5.74, 6) is 0.0283. The highest BCUT2D eigenvalue weighted by molar-refractivity contribution is 9.10. The van der Waals surface area contributed by atoms with Gasteiger partial charge in [0.15, 0.2) is 0 Å². The Labute approximate surface area is 172 Å². The van der Waals surface area contributed by atoms with Gasteiger partial charge in [0.2, 0.25) is 5.91 Å². The van der Waals surface area contributed by atoms with Gasteiger partial charge in [-0.2, -0.15) is 0 Å². The van der Waals surface area contributed by atoms with Crippen molar-refractivity contribution in [3.8, 4) is 0 Å². The van der Waals surface area contributed by atoms with Gasteiger partial charge in [-0.3, -0.25) is 4.79 Å². The first kappa shape index (κ1) is 19.9. The van der Waals surface area contributed by atoms with Crippen LogP contribution in [0.2, 0.25) is 0 Å². The zero-order chi connectivity index (χ0) is 20.3. The van der Waals surface area contributed by atoms with E-state index in [0.717, 1.165) is 20.9 Å². The number of urea groups is 1. The van der Waals surface area contributed by atoms with E-state index in [1.54, 1.807) is 19.0 Å². The summed E-state index contributed by atoms with van der Waals surface area (Å²) < 4.78 is 2.87. The molecule has 3 rings (SSSR count). The highest BCUT2D eigenvalue weighted by Crippen LogP contribution is 2.21. The third kappa shape index (κ3) is 4.72. The van der Waals surface area contributed by atoms with Crippen molar-refractivity contribution in [2.24, 2.45) is 0 Å². The number of nitrogens with one attached hydrogen (secondary N) is 2. The normalized spacial score (nSPS) is 11.9. The minimum absolute atomic E-state index is 0.0283. The summed E-state index contributed by atoms with van der Waals surface area (Å²) in [5.41, 5.74) is 2.66. The van der Waals surface area contributed by atoms with Crippen LogP contribution in [0, 0.1) is 0 Å². The van der Waals surface area contributed by atoms with Crippen molar-refractivity contribution in [1.82, 2.24) is 14.8 Å². The van der Waals surface area contributed by atoms with Crippen LogP contribution < -0.4 is 10.6 Å². The van der Waals surface area contributed by atoms with Crippen LogP contribution in [0.5, 0.6) is 0 Å². The van der Waals surface area contributed by atoms with Crippen LogP contribution in [0.3, 0.4) is 0 Å². The average Bonchev–Trinajstić information content (AvgIpc) is 3.03. The molecule has 0 radical (unpaired) electrons. The van der Waals surface area contributed by atoms with Crippen LogP contribution in [0.25, 0.3) is 10.9 Å². The topological polar surface area (TPSA) is 66.4 Å². The number of carbonyl (C=O) groups excluding carboxylic acids is 2. The summed E-state index contributed by atoms with van der Waals surface area (Å²) in [6.07, 6.45) is 1.88. The molecule has 2 N–H and O–H groups in total. The van der Waals surface area contributed by atoms with Crippen LogP contribution in [0.4, 0.5) is 10.5 Å². The SMILES string of the molecule is CC(NC(=O)Nc1ccc2c(ccn2CC(=O)N(C)C)c1)c1cccc(Br)c1. The molecular weight excluding hydrogens is 420 g/mol. The third-order valence-electron chi connectivity index (χ3n) is 4.53. The molecule has 0 saturated heterocycles. The highest BCUT2D eigenvalue weighted by Gasteiger charge is 2.12. The van der Waals surface area contributed by atoms with Gasteiger partial charge in [0.25, 0.3) is 0 Å². The summed E-state index contributed by atoms with van der Waals surface area (Å²) in [7, 11) is 3.48. The predicted octanol–water partition coefficient (Wildman–Crippen LogP) is 4.37. The molecule has 1 atom stereocenters. The Morgan fingerprint density at radius 1 is 1.14 bits per heavy atom. The van der Waals surface area contributed by atoms with Gasteiger partial charge in [-0.05, 0) is 48.9 Å². The first-order chi connectivity index (χ1) is 13.3. The quantitative estimate of drug-likeness (QED) is 0.615. The predicted molar refractivity (Wildman–Crippen MR) is 115 cm³/mol. The number of anilines is 1. The molecule has 1 aromatic heterocycles. The first-order valence-corrected chi connectivity index (χ1v) is 9.75. The van der Waals surface area contributed by atoms with Gasteiger partial charge in [-0.1, -0.05) is 28.1 Å². The Kier molecular flexibility index (Phi) is 6.04. The Morgan fingerprint density at radius 2 is 1.93 bits per heavy atom. The first-order valence-electron chi connectivity index (χ1n) is 8.95. The second kappa shape index (κ2) is 8.48. The largest absolute Gasteiger partial charge is 0.347 e. The van der Waals surface area contributed by atoms with E-state index in [0.29, 0.717) is 5.69 Å². The number of hydrogen-bond acceptors (Lipinski definition) is 2. The summed E-state index contributed by atoms with van der Waals surface area (Å²) in [6, 6.07) is 15.0. The number of fused-ring (bicyclic) bond motifs is 1. The number of nitrogens with zero attached hydrogens (tertiary/aromatic N) is 2. The molecule has 0 aliphatic rings. The van der Waals surface area contributed by atoms with Gasteiger partial charge >= 0.3 is 6.03 Å². The van der Waals surface area contributed by atoms with Gasteiger partial charge in [-0.25, -0.2) is 4.79 Å². The van der Waals surface area contributed by atoms with E-state index in [1.165, 1.54) is 0 Å². The van der Waals surface area contributed by atoms with Crippen molar-refractivity contribution in [3.05, 3.63) is 64.8 Å². The summed E-state index contributed by atoms with van der Waals surface area (Å²) >= 11 is 3.44. The maximum atomic E-state index is 12.4. The monoisotopic (exact) mass is 442 g/mol. The van der Waals surface area contributed by atoms with Crippen molar-refractivity contribution in [3.63, 3.8) is 0 Å². The number of carbonyl (C=O) groups is 2. The maximum Gasteiger partial charge on any atom is 0.319 e. The zero-order valence-electron chi connectivity index (χ0n) is 16.1. The van der Waals surface area contributed by atoms with Crippen molar-refractivity contribution < 1.29 is 9.59 Å². The Morgan fingerprint density at radius 3 is 2.64 bits per heavy atom. The van der Waals surface area contributed by atoms with E-state index < -0.39 is 0 Å². The second-order valence-corrected chi connectivity index (χ2v) is 7.80. The Hall–Kier alpha value is -2.80. The Balaban J connectivity index is 1.67. The van der Waals surface area contributed by atoms with Crippen LogP contribution in [-0.2, 0) is 11.3 Å². The zero-order valence-corrected chi connectivity index (χ0v) is 17.7. The molecular formula is C21H23BrN4O2. The van der Waals surface area contributed by atoms with Crippen molar-refractivity contribution >= 4 is 44.5 Å². The van der Waals surface area contributed by atoms with Gasteiger partial charge in [0.05, 0.1) is 6.04 Å². The highest BCUT2D eigenvalue weighted by atomic mass is 79.9. The van der Waals surface area contributed by atoms with E-state index in [2.05, 4.69) is 26.6 Å². The van der Waals surface area contributed by atoms with E-state index in [4.69, 9.17) is 0 Å². The maximum absolute atomic E-state index is 12.4.